The highest BCUT2D eigenvalue weighted by Gasteiger charge is 2.33. The van der Waals surface area contributed by atoms with E-state index >= 15 is 0 Å². The van der Waals surface area contributed by atoms with Gasteiger partial charge in [-0.1, -0.05) is 11.6 Å². The smallest absolute Gasteiger partial charge is 0.418 e. The zero-order valence-corrected chi connectivity index (χ0v) is 19.0. The number of halogens is 7. The molecule has 1 fully saturated rings. The lowest BCUT2D eigenvalue weighted by molar-refractivity contribution is -0.138. The van der Waals surface area contributed by atoms with Crippen molar-refractivity contribution in [1.29, 1.82) is 0 Å². The Labute approximate surface area is 195 Å². The standard InChI is InChI=1S/C14H19F3N4O2.C5H2ClF3N2/c1-13(2,3)23-12(22)21-6-4-20(5-7-21)11-8-10(9-18-19-11)14(15,16)17;6-4-1-3(2-10-11-4)5(7,8)9/h8-9H,4-7H2,1-3H3;1-2H. The summed E-state index contributed by atoms with van der Waals surface area (Å²) >= 11 is 5.18. The highest BCUT2D eigenvalue weighted by Crippen LogP contribution is 2.30. The molecule has 0 saturated carbocycles. The fraction of sp³-hybridized carbons (Fsp3) is 0.526. The van der Waals surface area contributed by atoms with Crippen LogP contribution in [0.4, 0.5) is 37.0 Å². The molecule has 15 heteroatoms. The van der Waals surface area contributed by atoms with E-state index in [4.69, 9.17) is 16.3 Å². The van der Waals surface area contributed by atoms with E-state index in [9.17, 15) is 31.1 Å². The maximum Gasteiger partial charge on any atom is 0.418 e. The second-order valence-electron chi connectivity index (χ2n) is 8.02. The van der Waals surface area contributed by atoms with Crippen LogP contribution in [0.25, 0.3) is 0 Å². The lowest BCUT2D eigenvalue weighted by Gasteiger charge is -2.36. The quantitative estimate of drug-likeness (QED) is 0.510. The third kappa shape index (κ3) is 8.47. The predicted molar refractivity (Wildman–Crippen MR) is 109 cm³/mol. The van der Waals surface area contributed by atoms with Crippen molar-refractivity contribution in [1.82, 2.24) is 25.3 Å². The number of aromatic nitrogens is 4. The molecule has 0 radical (unpaired) electrons. The van der Waals surface area contributed by atoms with Gasteiger partial charge in [0.1, 0.15) is 5.60 Å². The number of rotatable bonds is 1. The van der Waals surface area contributed by atoms with E-state index in [0.717, 1.165) is 6.07 Å². The monoisotopic (exact) mass is 514 g/mol. The van der Waals surface area contributed by atoms with Gasteiger partial charge < -0.3 is 14.5 Å². The molecule has 0 bridgehead atoms. The number of hydrogen-bond acceptors (Lipinski definition) is 7. The zero-order chi connectivity index (χ0) is 25.7. The first-order valence-electron chi connectivity index (χ1n) is 9.74. The maximum atomic E-state index is 12.7. The number of nitrogens with zero attached hydrogens (tertiary/aromatic N) is 6. The summed E-state index contributed by atoms with van der Waals surface area (Å²) < 4.78 is 78.9. The molecule has 0 unspecified atom stereocenters. The van der Waals surface area contributed by atoms with E-state index in [1.54, 1.807) is 25.7 Å². The molecule has 3 heterocycles. The largest absolute Gasteiger partial charge is 0.444 e. The summed E-state index contributed by atoms with van der Waals surface area (Å²) in [6.45, 7) is 6.78. The number of carbonyl (C=O) groups is 1. The summed E-state index contributed by atoms with van der Waals surface area (Å²) in [6, 6.07) is 1.69. The fourth-order valence-corrected chi connectivity index (χ4v) is 2.77. The second kappa shape index (κ2) is 10.6. The van der Waals surface area contributed by atoms with Gasteiger partial charge in [0.2, 0.25) is 0 Å². The number of amides is 1. The minimum absolute atomic E-state index is 0.156. The van der Waals surface area contributed by atoms with E-state index in [-0.39, 0.29) is 11.0 Å². The van der Waals surface area contributed by atoms with Crippen LogP contribution in [0.5, 0.6) is 0 Å². The summed E-state index contributed by atoms with van der Waals surface area (Å²) in [5, 5.41) is 13.1. The highest BCUT2D eigenvalue weighted by atomic mass is 35.5. The van der Waals surface area contributed by atoms with Gasteiger partial charge in [-0.15, -0.1) is 10.2 Å². The SMILES string of the molecule is CC(C)(C)OC(=O)N1CCN(c2cc(C(F)(F)F)cnn2)CC1.FC(F)(F)c1cnnc(Cl)c1. The fourth-order valence-electron chi connectivity index (χ4n) is 2.61. The first-order chi connectivity index (χ1) is 15.6. The number of carbonyl (C=O) groups excluding carboxylic acids is 1. The molecule has 2 aromatic heterocycles. The Hall–Kier alpha value is -2.90. The minimum atomic E-state index is -4.46. The summed E-state index contributed by atoms with van der Waals surface area (Å²) in [6.07, 6.45) is -7.97. The van der Waals surface area contributed by atoms with Crippen LogP contribution in [0, 0.1) is 0 Å². The van der Waals surface area contributed by atoms with E-state index < -0.39 is 35.2 Å². The Morgan fingerprint density at radius 3 is 1.82 bits per heavy atom. The molecular weight excluding hydrogens is 494 g/mol. The van der Waals surface area contributed by atoms with E-state index in [2.05, 4.69) is 20.4 Å². The molecule has 34 heavy (non-hydrogen) atoms. The van der Waals surface area contributed by atoms with Gasteiger partial charge in [0.05, 0.1) is 23.5 Å². The van der Waals surface area contributed by atoms with Crippen molar-refractivity contribution in [3.8, 4) is 0 Å². The molecule has 8 nitrogen and oxygen atoms in total. The van der Waals surface area contributed by atoms with Crippen LogP contribution in [0.3, 0.4) is 0 Å². The van der Waals surface area contributed by atoms with Crippen LogP contribution in [0.1, 0.15) is 31.9 Å². The van der Waals surface area contributed by atoms with E-state index in [1.807, 2.05) is 0 Å². The van der Waals surface area contributed by atoms with Crippen molar-refractivity contribution in [2.75, 3.05) is 31.1 Å². The Morgan fingerprint density at radius 1 is 0.882 bits per heavy atom. The molecule has 1 aliphatic rings. The zero-order valence-electron chi connectivity index (χ0n) is 18.3. The molecule has 1 amide bonds. The van der Waals surface area contributed by atoms with Gasteiger partial charge in [0.15, 0.2) is 11.0 Å². The van der Waals surface area contributed by atoms with Crippen LogP contribution in [0.15, 0.2) is 24.5 Å². The third-order valence-electron chi connectivity index (χ3n) is 4.18. The predicted octanol–water partition coefficient (Wildman–Crippen LogP) is 4.70. The van der Waals surface area contributed by atoms with E-state index in [0.29, 0.717) is 44.6 Å². The molecule has 0 N–H and O–H groups in total. The highest BCUT2D eigenvalue weighted by molar-refractivity contribution is 6.29. The van der Waals surface area contributed by atoms with Crippen molar-refractivity contribution >= 4 is 23.5 Å². The maximum absolute atomic E-state index is 12.7. The molecule has 0 atom stereocenters. The molecule has 2 aromatic rings. The van der Waals surface area contributed by atoms with E-state index in [1.165, 1.54) is 4.90 Å². The topological polar surface area (TPSA) is 84.3 Å². The molecule has 1 saturated heterocycles. The first-order valence-corrected chi connectivity index (χ1v) is 10.1. The van der Waals surface area contributed by atoms with Crippen molar-refractivity contribution in [3.63, 3.8) is 0 Å². The number of piperazine rings is 1. The van der Waals surface area contributed by atoms with Crippen LogP contribution in [0.2, 0.25) is 5.15 Å². The van der Waals surface area contributed by atoms with Crippen molar-refractivity contribution in [2.45, 2.75) is 38.7 Å². The molecule has 3 rings (SSSR count). The summed E-state index contributed by atoms with van der Waals surface area (Å²) in [5.41, 5.74) is -2.31. The average Bonchev–Trinajstić information content (AvgIpc) is 2.72. The third-order valence-corrected chi connectivity index (χ3v) is 4.36. The van der Waals surface area contributed by atoms with Crippen molar-refractivity contribution in [2.24, 2.45) is 0 Å². The summed E-state index contributed by atoms with van der Waals surface area (Å²) in [4.78, 5) is 15.2. The Morgan fingerprint density at radius 2 is 1.38 bits per heavy atom. The summed E-state index contributed by atoms with van der Waals surface area (Å²) in [5.74, 6) is 0.156. The number of anilines is 1. The minimum Gasteiger partial charge on any atom is -0.444 e. The second-order valence-corrected chi connectivity index (χ2v) is 8.41. The Balaban J connectivity index is 0.000000310. The Bertz CT molecular complexity index is 975. The van der Waals surface area contributed by atoms with Gasteiger partial charge >= 0.3 is 18.4 Å². The molecule has 0 aliphatic carbocycles. The van der Waals surface area contributed by atoms with Gasteiger partial charge in [-0.25, -0.2) is 4.79 Å². The van der Waals surface area contributed by atoms with Gasteiger partial charge in [0, 0.05) is 26.2 Å². The number of ether oxygens (including phenoxy) is 1. The molecule has 0 aromatic carbocycles. The van der Waals surface area contributed by atoms with Crippen LogP contribution >= 0.6 is 11.6 Å². The molecule has 0 spiro atoms. The number of alkyl halides is 6. The van der Waals surface area contributed by atoms with Crippen LogP contribution in [-0.4, -0.2) is 63.2 Å². The lowest BCUT2D eigenvalue weighted by Crippen LogP contribution is -2.50. The lowest BCUT2D eigenvalue weighted by atomic mass is 10.2. The van der Waals surface area contributed by atoms with Gasteiger partial charge in [-0.05, 0) is 32.9 Å². The van der Waals surface area contributed by atoms with Crippen LogP contribution in [-0.2, 0) is 17.1 Å². The summed E-state index contributed by atoms with van der Waals surface area (Å²) in [7, 11) is 0. The Kier molecular flexibility index (Phi) is 8.50. The van der Waals surface area contributed by atoms with Crippen molar-refractivity contribution in [3.05, 3.63) is 40.8 Å². The van der Waals surface area contributed by atoms with Crippen molar-refractivity contribution < 1.29 is 35.9 Å². The molecular formula is C19H21ClF6N6O2. The van der Waals surface area contributed by atoms with Gasteiger partial charge in [-0.3, -0.25) is 0 Å². The van der Waals surface area contributed by atoms with Crippen LogP contribution < -0.4 is 4.90 Å². The number of hydrogen-bond donors (Lipinski definition) is 0. The van der Waals surface area contributed by atoms with Gasteiger partial charge in [0.25, 0.3) is 0 Å². The van der Waals surface area contributed by atoms with Gasteiger partial charge in [-0.2, -0.15) is 36.5 Å². The molecule has 1 aliphatic heterocycles. The normalized spacial score (nSPS) is 14.9. The molecule has 188 valence electrons. The average molecular weight is 515 g/mol. The first kappa shape index (κ1) is 27.3.